The van der Waals surface area contributed by atoms with E-state index in [0.717, 1.165) is 16.9 Å². The summed E-state index contributed by atoms with van der Waals surface area (Å²) in [4.78, 5) is 26.2. The Morgan fingerprint density at radius 2 is 1.92 bits per heavy atom. The Bertz CT molecular complexity index is 830. The van der Waals surface area contributed by atoms with Crippen molar-refractivity contribution in [2.45, 2.75) is 26.7 Å². The van der Waals surface area contributed by atoms with Gasteiger partial charge in [-0.2, -0.15) is 0 Å². The fraction of sp³-hybridized carbons (Fsp3) is 0.333. The van der Waals surface area contributed by atoms with Crippen molar-refractivity contribution in [3.63, 3.8) is 0 Å². The highest BCUT2D eigenvalue weighted by Crippen LogP contribution is 2.28. The number of benzene rings is 2. The normalized spacial score (nSPS) is 14.1. The lowest BCUT2D eigenvalue weighted by atomic mass is 10.0. The highest BCUT2D eigenvalue weighted by molar-refractivity contribution is 6.09. The smallest absolute Gasteiger partial charge is 0.253 e. The van der Waals surface area contributed by atoms with Crippen molar-refractivity contribution in [1.29, 1.82) is 0 Å². The van der Waals surface area contributed by atoms with E-state index in [-0.39, 0.29) is 18.4 Å². The van der Waals surface area contributed by atoms with E-state index in [1.54, 1.807) is 23.1 Å². The molecule has 1 aliphatic rings. The van der Waals surface area contributed by atoms with Gasteiger partial charge in [-0.15, -0.1) is 0 Å². The fourth-order valence-corrected chi connectivity index (χ4v) is 3.12. The SMILES string of the molecule is Cc1ccc(C(C)C)c(OCCN2C(=O)CNC(=O)c3ccccc32)c1. The Morgan fingerprint density at radius 3 is 2.69 bits per heavy atom. The maximum atomic E-state index is 12.4. The third-order valence-electron chi connectivity index (χ3n) is 4.50. The van der Waals surface area contributed by atoms with Crippen LogP contribution in [-0.4, -0.2) is 31.5 Å². The molecule has 2 aromatic rings. The van der Waals surface area contributed by atoms with Crippen molar-refractivity contribution in [2.75, 3.05) is 24.6 Å². The molecular weight excluding hydrogens is 328 g/mol. The minimum Gasteiger partial charge on any atom is -0.491 e. The molecule has 3 rings (SSSR count). The van der Waals surface area contributed by atoms with Crippen molar-refractivity contribution in [3.8, 4) is 5.75 Å². The van der Waals surface area contributed by atoms with Crippen LogP contribution in [-0.2, 0) is 4.79 Å². The first kappa shape index (κ1) is 18.0. The number of nitrogens with zero attached hydrogens (tertiary/aromatic N) is 1. The van der Waals surface area contributed by atoms with Crippen LogP contribution >= 0.6 is 0 Å². The maximum Gasteiger partial charge on any atom is 0.253 e. The third-order valence-corrected chi connectivity index (χ3v) is 4.50. The first-order valence-corrected chi connectivity index (χ1v) is 8.88. The van der Waals surface area contributed by atoms with Gasteiger partial charge < -0.3 is 15.0 Å². The van der Waals surface area contributed by atoms with Crippen LogP contribution in [0.25, 0.3) is 0 Å². The molecule has 0 saturated heterocycles. The Hall–Kier alpha value is -2.82. The van der Waals surface area contributed by atoms with Crippen molar-refractivity contribution in [1.82, 2.24) is 5.32 Å². The average molecular weight is 352 g/mol. The van der Waals surface area contributed by atoms with Gasteiger partial charge in [0.1, 0.15) is 12.4 Å². The first-order valence-electron chi connectivity index (χ1n) is 8.88. The van der Waals surface area contributed by atoms with E-state index in [4.69, 9.17) is 4.74 Å². The van der Waals surface area contributed by atoms with Gasteiger partial charge >= 0.3 is 0 Å². The summed E-state index contributed by atoms with van der Waals surface area (Å²) in [7, 11) is 0. The number of ether oxygens (including phenoxy) is 1. The van der Waals surface area contributed by atoms with Crippen LogP contribution in [0.15, 0.2) is 42.5 Å². The maximum absolute atomic E-state index is 12.4. The number of hydrogen-bond acceptors (Lipinski definition) is 3. The Balaban J connectivity index is 1.77. The highest BCUT2D eigenvalue weighted by atomic mass is 16.5. The van der Waals surface area contributed by atoms with E-state index in [2.05, 4.69) is 31.3 Å². The number of rotatable bonds is 5. The predicted molar refractivity (Wildman–Crippen MR) is 102 cm³/mol. The molecule has 1 aliphatic heterocycles. The second-order valence-electron chi connectivity index (χ2n) is 6.79. The molecule has 1 N–H and O–H groups in total. The Labute approximate surface area is 154 Å². The molecule has 0 fully saturated rings. The lowest BCUT2D eigenvalue weighted by Crippen LogP contribution is -2.38. The number of fused-ring (bicyclic) bond motifs is 1. The summed E-state index contributed by atoms with van der Waals surface area (Å²) >= 11 is 0. The molecule has 26 heavy (non-hydrogen) atoms. The number of carbonyl (C=O) groups excluding carboxylic acids is 2. The van der Waals surface area contributed by atoms with Crippen molar-refractivity contribution in [3.05, 3.63) is 59.2 Å². The molecule has 2 aromatic carbocycles. The monoisotopic (exact) mass is 352 g/mol. The molecule has 0 unspecified atom stereocenters. The minimum atomic E-state index is -0.224. The summed E-state index contributed by atoms with van der Waals surface area (Å²) in [6.07, 6.45) is 0. The molecule has 2 amide bonds. The summed E-state index contributed by atoms with van der Waals surface area (Å²) in [5.41, 5.74) is 3.42. The number of anilines is 1. The largest absolute Gasteiger partial charge is 0.491 e. The molecular formula is C21H24N2O3. The number of aryl methyl sites for hydroxylation is 1. The topological polar surface area (TPSA) is 58.6 Å². The van der Waals surface area contributed by atoms with Gasteiger partial charge in [0.15, 0.2) is 0 Å². The van der Waals surface area contributed by atoms with Crippen molar-refractivity contribution >= 4 is 17.5 Å². The number of hydrogen-bond donors (Lipinski definition) is 1. The Morgan fingerprint density at radius 1 is 1.15 bits per heavy atom. The van der Waals surface area contributed by atoms with E-state index in [9.17, 15) is 9.59 Å². The number of amides is 2. The minimum absolute atomic E-state index is 0.00476. The zero-order valence-corrected chi connectivity index (χ0v) is 15.4. The predicted octanol–water partition coefficient (Wildman–Crippen LogP) is 3.27. The molecule has 0 aromatic heterocycles. The average Bonchev–Trinajstić information content (AvgIpc) is 2.73. The molecule has 0 spiro atoms. The molecule has 5 nitrogen and oxygen atoms in total. The molecule has 136 valence electrons. The van der Waals surface area contributed by atoms with Gasteiger partial charge in [-0.05, 0) is 42.2 Å². The molecule has 0 saturated carbocycles. The summed E-state index contributed by atoms with van der Waals surface area (Å²) in [5, 5.41) is 2.65. The van der Waals surface area contributed by atoms with Crippen LogP contribution in [0.4, 0.5) is 5.69 Å². The van der Waals surface area contributed by atoms with Crippen molar-refractivity contribution < 1.29 is 14.3 Å². The number of nitrogens with one attached hydrogen (secondary N) is 1. The number of para-hydroxylation sites is 1. The van der Waals surface area contributed by atoms with Crippen LogP contribution in [0.1, 0.15) is 41.3 Å². The molecule has 0 aliphatic carbocycles. The second kappa shape index (κ2) is 7.60. The zero-order chi connectivity index (χ0) is 18.7. The van der Waals surface area contributed by atoms with E-state index < -0.39 is 0 Å². The molecule has 0 bridgehead atoms. The standard InChI is InChI=1S/C21H24N2O3/c1-14(2)16-9-8-15(3)12-19(16)26-11-10-23-18-7-5-4-6-17(18)21(25)22-13-20(23)24/h4-9,12,14H,10-11,13H2,1-3H3,(H,22,25). The van der Waals surface area contributed by atoms with E-state index in [0.29, 0.717) is 30.3 Å². The molecule has 1 heterocycles. The lowest BCUT2D eigenvalue weighted by Gasteiger charge is -2.23. The van der Waals surface area contributed by atoms with Gasteiger partial charge in [0, 0.05) is 0 Å². The molecule has 5 heteroatoms. The van der Waals surface area contributed by atoms with E-state index in [1.165, 1.54) is 0 Å². The number of carbonyl (C=O) groups is 2. The van der Waals surface area contributed by atoms with Crippen LogP contribution in [0, 0.1) is 6.92 Å². The van der Waals surface area contributed by atoms with Gasteiger partial charge in [-0.3, -0.25) is 9.59 Å². The lowest BCUT2D eigenvalue weighted by molar-refractivity contribution is -0.117. The van der Waals surface area contributed by atoms with Crippen LogP contribution < -0.4 is 15.0 Å². The summed E-state index contributed by atoms with van der Waals surface area (Å²) in [6, 6.07) is 13.3. The zero-order valence-electron chi connectivity index (χ0n) is 15.4. The van der Waals surface area contributed by atoms with Crippen LogP contribution in [0.5, 0.6) is 5.75 Å². The first-order chi connectivity index (χ1) is 12.5. The second-order valence-corrected chi connectivity index (χ2v) is 6.79. The summed E-state index contributed by atoms with van der Waals surface area (Å²) < 4.78 is 6.01. The van der Waals surface area contributed by atoms with E-state index >= 15 is 0 Å². The van der Waals surface area contributed by atoms with Gasteiger partial charge in [0.25, 0.3) is 5.91 Å². The quantitative estimate of drug-likeness (QED) is 0.898. The van der Waals surface area contributed by atoms with Gasteiger partial charge in [0.2, 0.25) is 5.91 Å². The Kier molecular flexibility index (Phi) is 5.26. The molecule has 0 radical (unpaired) electrons. The van der Waals surface area contributed by atoms with Gasteiger partial charge in [-0.1, -0.05) is 38.1 Å². The van der Waals surface area contributed by atoms with E-state index in [1.807, 2.05) is 19.1 Å². The van der Waals surface area contributed by atoms with Gasteiger partial charge in [-0.25, -0.2) is 0 Å². The fourth-order valence-electron chi connectivity index (χ4n) is 3.12. The van der Waals surface area contributed by atoms with Crippen LogP contribution in [0.3, 0.4) is 0 Å². The highest BCUT2D eigenvalue weighted by Gasteiger charge is 2.25. The van der Waals surface area contributed by atoms with Crippen LogP contribution in [0.2, 0.25) is 0 Å². The summed E-state index contributed by atoms with van der Waals surface area (Å²) in [5.74, 6) is 0.844. The molecule has 0 atom stereocenters. The third kappa shape index (κ3) is 3.72. The van der Waals surface area contributed by atoms with Crippen molar-refractivity contribution in [2.24, 2.45) is 0 Å². The summed E-state index contributed by atoms with van der Waals surface area (Å²) in [6.45, 7) is 7.03. The van der Waals surface area contributed by atoms with Gasteiger partial charge in [0.05, 0.1) is 24.3 Å².